The average molecular weight is 531 g/mol. The summed E-state index contributed by atoms with van der Waals surface area (Å²) in [5.41, 5.74) is 1.79. The largest absolute Gasteiger partial charge is 0.451 e. The predicted octanol–water partition coefficient (Wildman–Crippen LogP) is 6.04. The number of Topliss-reactive ketones (excluding diaryl/α,β-unsaturated/α-hetero) is 1. The number of hydrogen-bond donors (Lipinski definition) is 0. The second-order valence-electron chi connectivity index (χ2n) is 6.66. The van der Waals surface area contributed by atoms with Crippen molar-refractivity contribution in [2.45, 2.75) is 0 Å². The van der Waals surface area contributed by atoms with Crippen LogP contribution in [0.25, 0.3) is 17.1 Å². The Morgan fingerprint density at radius 3 is 2.09 bits per heavy atom. The molecule has 0 radical (unpaired) electrons. The molecule has 0 saturated carbocycles. The van der Waals surface area contributed by atoms with Crippen LogP contribution in [0.2, 0.25) is 10.0 Å². The first kappa shape index (κ1) is 22.2. The van der Waals surface area contributed by atoms with Crippen LogP contribution >= 0.6 is 39.1 Å². The van der Waals surface area contributed by atoms with Crippen molar-refractivity contribution in [2.24, 2.45) is 0 Å². The van der Waals surface area contributed by atoms with Crippen molar-refractivity contribution in [2.75, 3.05) is 6.61 Å². The van der Waals surface area contributed by atoms with Crippen LogP contribution in [0.1, 0.15) is 21.0 Å². The zero-order valence-electron chi connectivity index (χ0n) is 16.3. The van der Waals surface area contributed by atoms with Gasteiger partial charge in [0.25, 0.3) is 5.82 Å². The molecule has 160 valence electrons. The van der Waals surface area contributed by atoms with Crippen molar-refractivity contribution in [1.29, 1.82) is 0 Å². The van der Waals surface area contributed by atoms with E-state index in [-0.39, 0.29) is 11.6 Å². The lowest BCUT2D eigenvalue weighted by Crippen LogP contribution is -2.15. The highest BCUT2D eigenvalue weighted by Crippen LogP contribution is 2.24. The Hall–Kier alpha value is -3.00. The zero-order valence-corrected chi connectivity index (χ0v) is 19.4. The number of carbonyl (C=O) groups is 2. The number of aromatic nitrogens is 3. The molecule has 0 atom stereocenters. The Kier molecular flexibility index (Phi) is 6.69. The monoisotopic (exact) mass is 529 g/mol. The molecule has 0 aliphatic carbocycles. The van der Waals surface area contributed by atoms with Crippen molar-refractivity contribution in [3.63, 3.8) is 0 Å². The molecular weight excluding hydrogens is 517 g/mol. The van der Waals surface area contributed by atoms with Crippen LogP contribution in [-0.2, 0) is 4.74 Å². The maximum atomic E-state index is 12.6. The molecule has 0 saturated heterocycles. The average Bonchev–Trinajstić information content (AvgIpc) is 3.24. The maximum absolute atomic E-state index is 12.6. The van der Waals surface area contributed by atoms with E-state index in [1.54, 1.807) is 48.5 Å². The molecule has 4 aromatic rings. The van der Waals surface area contributed by atoms with Gasteiger partial charge in [-0.15, -0.1) is 5.10 Å². The fourth-order valence-electron chi connectivity index (χ4n) is 2.86. The first-order valence-corrected chi connectivity index (χ1v) is 10.9. The van der Waals surface area contributed by atoms with E-state index in [4.69, 9.17) is 27.9 Å². The van der Waals surface area contributed by atoms with Gasteiger partial charge in [0, 0.05) is 25.6 Å². The number of rotatable bonds is 6. The summed E-state index contributed by atoms with van der Waals surface area (Å²) in [5, 5.41) is 5.41. The number of nitrogens with zero attached hydrogens (tertiary/aromatic N) is 3. The van der Waals surface area contributed by atoms with Gasteiger partial charge in [-0.1, -0.05) is 39.1 Å². The van der Waals surface area contributed by atoms with Crippen molar-refractivity contribution in [3.05, 3.63) is 98.7 Å². The molecule has 1 aromatic heterocycles. The van der Waals surface area contributed by atoms with Crippen LogP contribution in [0.4, 0.5) is 0 Å². The molecule has 0 fully saturated rings. The third-order valence-corrected chi connectivity index (χ3v) is 5.50. The summed E-state index contributed by atoms with van der Waals surface area (Å²) in [6.07, 6.45) is 0. The Balaban J connectivity index is 1.60. The molecular formula is C23H14BrCl2N3O3. The first-order chi connectivity index (χ1) is 15.4. The number of ketones is 1. The molecule has 0 unspecified atom stereocenters. The number of ether oxygens (including phenoxy) is 1. The van der Waals surface area contributed by atoms with Crippen LogP contribution in [0, 0.1) is 0 Å². The van der Waals surface area contributed by atoms with Gasteiger partial charge in [0.2, 0.25) is 0 Å². The second-order valence-corrected chi connectivity index (χ2v) is 8.45. The second kappa shape index (κ2) is 9.65. The van der Waals surface area contributed by atoms with E-state index < -0.39 is 12.6 Å². The quantitative estimate of drug-likeness (QED) is 0.224. The summed E-state index contributed by atoms with van der Waals surface area (Å²) >= 11 is 15.2. The van der Waals surface area contributed by atoms with E-state index in [9.17, 15) is 9.59 Å². The number of halogens is 3. The van der Waals surface area contributed by atoms with Crippen molar-refractivity contribution >= 4 is 50.9 Å². The van der Waals surface area contributed by atoms with Crippen LogP contribution < -0.4 is 0 Å². The van der Waals surface area contributed by atoms with Gasteiger partial charge in [-0.2, -0.15) is 0 Å². The molecule has 9 heteroatoms. The van der Waals surface area contributed by atoms with E-state index in [2.05, 4.69) is 26.0 Å². The van der Waals surface area contributed by atoms with Crippen LogP contribution in [0.15, 0.2) is 77.3 Å². The lowest BCUT2D eigenvalue weighted by molar-refractivity contribution is 0.0462. The molecule has 0 amide bonds. The zero-order chi connectivity index (χ0) is 22.7. The van der Waals surface area contributed by atoms with Crippen molar-refractivity contribution in [1.82, 2.24) is 14.8 Å². The molecule has 3 aromatic carbocycles. The minimum atomic E-state index is -0.807. The fourth-order valence-corrected chi connectivity index (χ4v) is 3.38. The van der Waals surface area contributed by atoms with Crippen LogP contribution in [-0.4, -0.2) is 33.1 Å². The topological polar surface area (TPSA) is 74.1 Å². The normalized spacial score (nSPS) is 10.7. The predicted molar refractivity (Wildman–Crippen MR) is 126 cm³/mol. The Morgan fingerprint density at radius 1 is 0.875 bits per heavy atom. The molecule has 0 N–H and O–H groups in total. The molecule has 0 aliphatic rings. The van der Waals surface area contributed by atoms with Gasteiger partial charge in [-0.25, -0.2) is 14.5 Å². The van der Waals surface area contributed by atoms with Gasteiger partial charge in [0.1, 0.15) is 0 Å². The highest BCUT2D eigenvalue weighted by Gasteiger charge is 2.21. The van der Waals surface area contributed by atoms with Gasteiger partial charge in [-0.3, -0.25) is 4.79 Å². The lowest BCUT2D eigenvalue weighted by atomic mass is 10.1. The van der Waals surface area contributed by atoms with E-state index in [0.717, 1.165) is 4.47 Å². The summed E-state index contributed by atoms with van der Waals surface area (Å²) in [6, 6.07) is 20.7. The number of esters is 1. The van der Waals surface area contributed by atoms with Crippen LogP contribution in [0.5, 0.6) is 0 Å². The first-order valence-electron chi connectivity index (χ1n) is 9.35. The number of carbonyl (C=O) groups excluding carboxylic acids is 2. The van der Waals surface area contributed by atoms with Gasteiger partial charge < -0.3 is 4.74 Å². The summed E-state index contributed by atoms with van der Waals surface area (Å²) < 4.78 is 7.60. The SMILES string of the molecule is O=C(COC(=O)c1nc(-c2ccc(Cl)cc2)n(-c2ccc(Br)cc2)n1)c1ccc(Cl)cc1. The van der Waals surface area contributed by atoms with Gasteiger partial charge in [-0.05, 0) is 72.8 Å². The van der Waals surface area contributed by atoms with Crippen LogP contribution in [0.3, 0.4) is 0 Å². The minimum absolute atomic E-state index is 0.165. The smallest absolute Gasteiger partial charge is 0.378 e. The molecule has 1 heterocycles. The Labute approximate surface area is 201 Å². The van der Waals surface area contributed by atoms with E-state index >= 15 is 0 Å². The van der Waals surface area contributed by atoms with E-state index in [1.807, 2.05) is 24.3 Å². The molecule has 32 heavy (non-hydrogen) atoms. The molecule has 6 nitrogen and oxygen atoms in total. The number of benzene rings is 3. The van der Waals surface area contributed by atoms with E-state index in [0.29, 0.717) is 32.7 Å². The molecule has 0 aliphatic heterocycles. The van der Waals surface area contributed by atoms with Gasteiger partial charge >= 0.3 is 5.97 Å². The van der Waals surface area contributed by atoms with Gasteiger partial charge in [0.15, 0.2) is 18.2 Å². The summed E-state index contributed by atoms with van der Waals surface area (Å²) in [6.45, 7) is -0.441. The van der Waals surface area contributed by atoms with Gasteiger partial charge in [0.05, 0.1) is 5.69 Å². The number of hydrogen-bond acceptors (Lipinski definition) is 5. The maximum Gasteiger partial charge on any atom is 0.378 e. The third kappa shape index (κ3) is 5.07. The van der Waals surface area contributed by atoms with Crippen molar-refractivity contribution < 1.29 is 14.3 Å². The standard InChI is InChI=1S/C23H14BrCl2N3O3/c24-16-5-11-19(12-6-16)29-22(15-3-9-18(26)10-4-15)27-21(28-29)23(31)32-13-20(30)14-1-7-17(25)8-2-14/h1-12H,13H2. The summed E-state index contributed by atoms with van der Waals surface area (Å²) in [7, 11) is 0. The third-order valence-electron chi connectivity index (χ3n) is 4.46. The highest BCUT2D eigenvalue weighted by molar-refractivity contribution is 9.10. The van der Waals surface area contributed by atoms with E-state index in [1.165, 1.54) is 4.68 Å². The lowest BCUT2D eigenvalue weighted by Gasteiger charge is -2.06. The molecule has 0 bridgehead atoms. The molecule has 4 rings (SSSR count). The Bertz CT molecular complexity index is 1210. The Morgan fingerprint density at radius 2 is 1.47 bits per heavy atom. The van der Waals surface area contributed by atoms with Crippen molar-refractivity contribution in [3.8, 4) is 17.1 Å². The fraction of sp³-hybridized carbons (Fsp3) is 0.0435. The minimum Gasteiger partial charge on any atom is -0.451 e. The summed E-state index contributed by atoms with van der Waals surface area (Å²) in [4.78, 5) is 29.3. The summed E-state index contributed by atoms with van der Waals surface area (Å²) in [5.74, 6) is -0.902. The highest BCUT2D eigenvalue weighted by atomic mass is 79.9. The molecule has 0 spiro atoms.